The van der Waals surface area contributed by atoms with E-state index in [0.717, 1.165) is 22.3 Å². The van der Waals surface area contributed by atoms with E-state index in [1.165, 1.54) is 0 Å². The van der Waals surface area contributed by atoms with E-state index >= 15 is 0 Å². The summed E-state index contributed by atoms with van der Waals surface area (Å²) in [5.74, 6) is 2.06. The molecular weight excluding hydrogens is 340 g/mol. The Kier molecular flexibility index (Phi) is 5.69. The third-order valence-corrected chi connectivity index (χ3v) is 4.78. The summed E-state index contributed by atoms with van der Waals surface area (Å²) in [5.41, 5.74) is 3.28. The minimum Gasteiger partial charge on any atom is -0.507 e. The molecule has 1 N–H and O–H groups in total. The highest BCUT2D eigenvalue weighted by Gasteiger charge is 2.27. The number of hydrogen-bond acceptors (Lipinski definition) is 4. The van der Waals surface area contributed by atoms with E-state index in [2.05, 4.69) is 47.6 Å². The molecule has 0 unspecified atom stereocenters. The lowest BCUT2D eigenvalue weighted by Crippen LogP contribution is -2.17. The maximum absolute atomic E-state index is 11.2. The molecule has 27 heavy (non-hydrogen) atoms. The van der Waals surface area contributed by atoms with Crippen LogP contribution in [-0.4, -0.2) is 26.4 Å². The monoisotopic (exact) mass is 372 g/mol. The van der Waals surface area contributed by atoms with Crippen molar-refractivity contribution in [3.8, 4) is 34.1 Å². The molecule has 0 aliphatic rings. The molecular formula is C23H32O4. The van der Waals surface area contributed by atoms with E-state index in [-0.39, 0.29) is 16.6 Å². The average molecular weight is 373 g/mol. The number of ether oxygens (including phenoxy) is 3. The number of hydrogen-bond donors (Lipinski definition) is 1. The van der Waals surface area contributed by atoms with Crippen LogP contribution in [0.4, 0.5) is 0 Å². The molecule has 0 atom stereocenters. The first-order valence-electron chi connectivity index (χ1n) is 9.12. The van der Waals surface area contributed by atoms with Crippen LogP contribution >= 0.6 is 0 Å². The highest BCUT2D eigenvalue weighted by atomic mass is 16.5. The highest BCUT2D eigenvalue weighted by Crippen LogP contribution is 2.47. The van der Waals surface area contributed by atoms with Gasteiger partial charge in [-0.25, -0.2) is 0 Å². The first-order chi connectivity index (χ1) is 12.4. The van der Waals surface area contributed by atoms with E-state index in [1.54, 1.807) is 27.4 Å². The Hall–Kier alpha value is -2.36. The molecule has 0 spiro atoms. The SMILES string of the molecule is COc1cc(OC)c(-c2cc(C(C)(C)C)cc(C(C)(C)C)c2O)cc1OC. The molecule has 0 aliphatic heterocycles. The van der Waals surface area contributed by atoms with Gasteiger partial charge in [-0.3, -0.25) is 0 Å². The minimum atomic E-state index is -0.204. The fraction of sp³-hybridized carbons (Fsp3) is 0.478. The van der Waals surface area contributed by atoms with Gasteiger partial charge in [0.15, 0.2) is 11.5 Å². The zero-order chi connectivity index (χ0) is 20.6. The van der Waals surface area contributed by atoms with Gasteiger partial charge in [0, 0.05) is 22.8 Å². The van der Waals surface area contributed by atoms with Crippen LogP contribution in [0.3, 0.4) is 0 Å². The lowest BCUT2D eigenvalue weighted by Gasteiger charge is -2.28. The van der Waals surface area contributed by atoms with E-state index in [4.69, 9.17) is 14.2 Å². The number of methoxy groups -OCH3 is 3. The van der Waals surface area contributed by atoms with Gasteiger partial charge >= 0.3 is 0 Å². The molecule has 2 aromatic rings. The van der Waals surface area contributed by atoms with Gasteiger partial charge in [0.1, 0.15) is 11.5 Å². The van der Waals surface area contributed by atoms with Gasteiger partial charge in [0.05, 0.1) is 21.3 Å². The van der Waals surface area contributed by atoms with Gasteiger partial charge in [-0.2, -0.15) is 0 Å². The van der Waals surface area contributed by atoms with Gasteiger partial charge < -0.3 is 19.3 Å². The van der Waals surface area contributed by atoms with Gasteiger partial charge in [-0.05, 0) is 28.5 Å². The Morgan fingerprint density at radius 2 is 1.15 bits per heavy atom. The molecule has 4 nitrogen and oxygen atoms in total. The predicted octanol–water partition coefficient (Wildman–Crippen LogP) is 5.68. The molecule has 0 saturated heterocycles. The molecule has 0 fully saturated rings. The third kappa shape index (κ3) is 4.15. The van der Waals surface area contributed by atoms with Crippen molar-refractivity contribution in [1.82, 2.24) is 0 Å². The molecule has 2 rings (SSSR count). The van der Waals surface area contributed by atoms with Crippen LogP contribution in [0.1, 0.15) is 52.7 Å². The van der Waals surface area contributed by atoms with Gasteiger partial charge in [-0.15, -0.1) is 0 Å². The Bertz CT molecular complexity index is 824. The summed E-state index contributed by atoms with van der Waals surface area (Å²) in [6, 6.07) is 7.78. The molecule has 0 bridgehead atoms. The zero-order valence-electron chi connectivity index (χ0n) is 18.0. The van der Waals surface area contributed by atoms with E-state index < -0.39 is 0 Å². The smallest absolute Gasteiger partial charge is 0.164 e. The van der Waals surface area contributed by atoms with E-state index in [0.29, 0.717) is 17.2 Å². The van der Waals surface area contributed by atoms with Crippen molar-refractivity contribution in [3.05, 3.63) is 35.4 Å². The summed E-state index contributed by atoms with van der Waals surface area (Å²) in [6.45, 7) is 12.8. The van der Waals surface area contributed by atoms with Crippen LogP contribution in [0.25, 0.3) is 11.1 Å². The molecule has 148 valence electrons. The second kappa shape index (κ2) is 7.34. The molecule has 0 amide bonds. The first kappa shape index (κ1) is 20.9. The maximum atomic E-state index is 11.2. The summed E-state index contributed by atoms with van der Waals surface area (Å²) in [4.78, 5) is 0. The number of rotatable bonds is 4. The lowest BCUT2D eigenvalue weighted by molar-refractivity contribution is 0.349. The van der Waals surface area contributed by atoms with Crippen molar-refractivity contribution >= 4 is 0 Å². The fourth-order valence-electron chi connectivity index (χ4n) is 3.08. The largest absolute Gasteiger partial charge is 0.507 e. The molecule has 0 radical (unpaired) electrons. The summed E-state index contributed by atoms with van der Waals surface area (Å²) >= 11 is 0. The Labute approximate surface area is 163 Å². The van der Waals surface area contributed by atoms with Crippen molar-refractivity contribution in [2.45, 2.75) is 52.4 Å². The maximum Gasteiger partial charge on any atom is 0.164 e. The Morgan fingerprint density at radius 3 is 1.59 bits per heavy atom. The second-order valence-corrected chi connectivity index (χ2v) is 8.83. The van der Waals surface area contributed by atoms with Crippen molar-refractivity contribution < 1.29 is 19.3 Å². The summed E-state index contributed by atoms with van der Waals surface area (Å²) in [5, 5.41) is 11.2. The van der Waals surface area contributed by atoms with Crippen LogP contribution in [-0.2, 0) is 10.8 Å². The van der Waals surface area contributed by atoms with Crippen molar-refractivity contribution in [1.29, 1.82) is 0 Å². The Morgan fingerprint density at radius 1 is 0.630 bits per heavy atom. The van der Waals surface area contributed by atoms with Crippen molar-refractivity contribution in [3.63, 3.8) is 0 Å². The zero-order valence-corrected chi connectivity index (χ0v) is 18.0. The topological polar surface area (TPSA) is 47.9 Å². The van der Waals surface area contributed by atoms with Crippen LogP contribution in [0.15, 0.2) is 24.3 Å². The lowest BCUT2D eigenvalue weighted by atomic mass is 9.78. The molecule has 2 aromatic carbocycles. The first-order valence-corrected chi connectivity index (χ1v) is 9.12. The highest BCUT2D eigenvalue weighted by molar-refractivity contribution is 5.80. The third-order valence-electron chi connectivity index (χ3n) is 4.78. The molecule has 4 heteroatoms. The van der Waals surface area contributed by atoms with E-state index in [9.17, 15) is 5.11 Å². The van der Waals surface area contributed by atoms with E-state index in [1.807, 2.05) is 12.1 Å². The molecule has 0 aliphatic carbocycles. The quantitative estimate of drug-likeness (QED) is 0.750. The number of benzene rings is 2. The van der Waals surface area contributed by atoms with Crippen LogP contribution in [0, 0.1) is 0 Å². The van der Waals surface area contributed by atoms with Gasteiger partial charge in [0.25, 0.3) is 0 Å². The second-order valence-electron chi connectivity index (χ2n) is 8.83. The normalized spacial score (nSPS) is 12.0. The van der Waals surface area contributed by atoms with Gasteiger partial charge in [-0.1, -0.05) is 47.6 Å². The standard InChI is InChI=1S/C23H32O4/c1-22(2,3)14-10-16(21(24)17(11-14)23(4,5)6)15-12-19(26-8)20(27-9)13-18(15)25-7/h10-13,24H,1-9H3. The van der Waals surface area contributed by atoms with Crippen LogP contribution in [0.2, 0.25) is 0 Å². The summed E-state index contributed by atoms with van der Waals surface area (Å²) in [6.07, 6.45) is 0. The predicted molar refractivity (Wildman–Crippen MR) is 111 cm³/mol. The van der Waals surface area contributed by atoms with Gasteiger partial charge in [0.2, 0.25) is 0 Å². The summed E-state index contributed by atoms with van der Waals surface area (Å²) in [7, 11) is 4.80. The molecule has 0 saturated carbocycles. The molecule has 0 heterocycles. The average Bonchev–Trinajstić information content (AvgIpc) is 2.58. The number of aromatic hydroxyl groups is 1. The summed E-state index contributed by atoms with van der Waals surface area (Å²) < 4.78 is 16.5. The molecule has 0 aromatic heterocycles. The van der Waals surface area contributed by atoms with Crippen molar-refractivity contribution in [2.75, 3.05) is 21.3 Å². The fourth-order valence-corrected chi connectivity index (χ4v) is 3.08. The van der Waals surface area contributed by atoms with Crippen LogP contribution in [0.5, 0.6) is 23.0 Å². The Balaban J connectivity index is 2.89. The minimum absolute atomic E-state index is 0.0633. The van der Waals surface area contributed by atoms with Crippen LogP contribution < -0.4 is 14.2 Å². The number of phenols is 1. The van der Waals surface area contributed by atoms with Crippen molar-refractivity contribution in [2.24, 2.45) is 0 Å². The number of phenolic OH excluding ortho intramolecular Hbond substituents is 1.